The third kappa shape index (κ3) is 5.31. The van der Waals surface area contributed by atoms with Gasteiger partial charge >= 0.3 is 0 Å². The van der Waals surface area contributed by atoms with Crippen LogP contribution in [0.2, 0.25) is 0 Å². The molecule has 1 amide bonds. The van der Waals surface area contributed by atoms with Gasteiger partial charge in [-0.25, -0.2) is 0 Å². The molecule has 1 atom stereocenters. The molecular formula is C30H31NO6. The molecule has 1 aliphatic rings. The Morgan fingerprint density at radius 3 is 2.19 bits per heavy atom. The minimum Gasteiger partial charge on any atom is -0.507 e. The maximum Gasteiger partial charge on any atom is 0.300 e. The van der Waals surface area contributed by atoms with Gasteiger partial charge in [-0.1, -0.05) is 50.2 Å². The van der Waals surface area contributed by atoms with Gasteiger partial charge in [0.2, 0.25) is 0 Å². The van der Waals surface area contributed by atoms with Gasteiger partial charge in [-0.05, 0) is 43.2 Å². The zero-order chi connectivity index (χ0) is 26.4. The summed E-state index contributed by atoms with van der Waals surface area (Å²) < 4.78 is 17.1. The summed E-state index contributed by atoms with van der Waals surface area (Å²) in [6.45, 7) is 5.05. The maximum absolute atomic E-state index is 13.5. The predicted molar refractivity (Wildman–Crippen MR) is 142 cm³/mol. The van der Waals surface area contributed by atoms with E-state index in [4.69, 9.17) is 14.2 Å². The fourth-order valence-corrected chi connectivity index (χ4v) is 4.34. The fourth-order valence-electron chi connectivity index (χ4n) is 4.34. The lowest BCUT2D eigenvalue weighted by molar-refractivity contribution is -0.132. The van der Waals surface area contributed by atoms with Gasteiger partial charge in [0.05, 0.1) is 31.9 Å². The van der Waals surface area contributed by atoms with E-state index in [9.17, 15) is 14.7 Å². The van der Waals surface area contributed by atoms with Crippen LogP contribution in [-0.4, -0.2) is 37.1 Å². The Balaban J connectivity index is 1.89. The third-order valence-corrected chi connectivity index (χ3v) is 6.03. The number of nitrogens with zero attached hydrogens (tertiary/aromatic N) is 1. The first kappa shape index (κ1) is 25.8. The minimum absolute atomic E-state index is 0.0259. The van der Waals surface area contributed by atoms with E-state index in [1.54, 1.807) is 66.7 Å². The molecule has 4 rings (SSSR count). The number of rotatable bonds is 10. The van der Waals surface area contributed by atoms with Gasteiger partial charge in [-0.2, -0.15) is 0 Å². The molecule has 0 spiro atoms. The lowest BCUT2D eigenvalue weighted by Crippen LogP contribution is -2.29. The number of hydrogen-bond acceptors (Lipinski definition) is 6. The van der Waals surface area contributed by atoms with Crippen LogP contribution in [0, 0.1) is 0 Å². The van der Waals surface area contributed by atoms with E-state index < -0.39 is 17.7 Å². The molecule has 1 fully saturated rings. The van der Waals surface area contributed by atoms with Crippen molar-refractivity contribution in [2.45, 2.75) is 32.7 Å². The Hall–Kier alpha value is -4.26. The van der Waals surface area contributed by atoms with Crippen molar-refractivity contribution in [2.75, 3.05) is 25.2 Å². The highest BCUT2D eigenvalue weighted by Crippen LogP contribution is 2.45. The van der Waals surface area contributed by atoms with E-state index in [-0.39, 0.29) is 11.3 Å². The van der Waals surface area contributed by atoms with Gasteiger partial charge in [0.15, 0.2) is 0 Å². The van der Waals surface area contributed by atoms with Crippen LogP contribution in [0.25, 0.3) is 5.76 Å². The SMILES string of the molecule is CCCOc1cccc(/C(O)=C2\C(=O)C(=O)N(c3cccc(OCCC)c3)C2c2ccccc2OC)c1. The molecule has 7 nitrogen and oxygen atoms in total. The molecule has 1 heterocycles. The van der Waals surface area contributed by atoms with E-state index in [2.05, 4.69) is 0 Å². The normalized spacial score (nSPS) is 16.6. The Labute approximate surface area is 216 Å². The van der Waals surface area contributed by atoms with Crippen LogP contribution in [0.15, 0.2) is 78.4 Å². The number of aliphatic hydroxyl groups is 1. The average Bonchev–Trinajstić information content (AvgIpc) is 3.20. The number of carbonyl (C=O) groups excluding carboxylic acids is 2. The number of Topliss-reactive ketones (excluding diaryl/α,β-unsaturated/α-hetero) is 1. The highest BCUT2D eigenvalue weighted by atomic mass is 16.5. The van der Waals surface area contributed by atoms with Crippen LogP contribution in [-0.2, 0) is 9.59 Å². The highest BCUT2D eigenvalue weighted by molar-refractivity contribution is 6.51. The van der Waals surface area contributed by atoms with Gasteiger partial charge in [0, 0.05) is 22.9 Å². The Kier molecular flexibility index (Phi) is 8.13. The number of carbonyl (C=O) groups is 2. The van der Waals surface area contributed by atoms with Crippen molar-refractivity contribution >= 4 is 23.1 Å². The number of methoxy groups -OCH3 is 1. The zero-order valence-electron chi connectivity index (χ0n) is 21.3. The van der Waals surface area contributed by atoms with Crippen LogP contribution in [0.5, 0.6) is 17.2 Å². The first-order chi connectivity index (χ1) is 18.0. The molecular weight excluding hydrogens is 470 g/mol. The molecule has 1 saturated heterocycles. The standard InChI is InChI=1S/C30H31NO6/c1-4-16-36-22-12-8-10-20(18-22)28(32)26-27(24-14-6-7-15-25(24)35-3)31(30(34)29(26)33)21-11-9-13-23(19-21)37-17-5-2/h6-15,18-19,27,32H,4-5,16-17H2,1-3H3/b28-26+. The summed E-state index contributed by atoms with van der Waals surface area (Å²) in [7, 11) is 1.53. The molecule has 37 heavy (non-hydrogen) atoms. The quantitative estimate of drug-likeness (QED) is 0.212. The molecule has 1 unspecified atom stereocenters. The molecule has 0 bridgehead atoms. The van der Waals surface area contributed by atoms with Crippen LogP contribution in [0.3, 0.4) is 0 Å². The van der Waals surface area contributed by atoms with Crippen molar-refractivity contribution in [1.29, 1.82) is 0 Å². The van der Waals surface area contributed by atoms with Gasteiger partial charge in [-0.15, -0.1) is 0 Å². The second-order valence-electron chi connectivity index (χ2n) is 8.63. The monoisotopic (exact) mass is 501 g/mol. The molecule has 3 aromatic rings. The summed E-state index contributed by atoms with van der Waals surface area (Å²) >= 11 is 0. The fraction of sp³-hybridized carbons (Fsp3) is 0.267. The minimum atomic E-state index is -0.919. The van der Waals surface area contributed by atoms with Crippen molar-refractivity contribution in [3.05, 3.63) is 89.5 Å². The van der Waals surface area contributed by atoms with E-state index in [1.807, 2.05) is 19.9 Å². The summed E-state index contributed by atoms with van der Waals surface area (Å²) in [6, 6.07) is 20.1. The number of ketones is 1. The summed E-state index contributed by atoms with van der Waals surface area (Å²) in [5.74, 6) is -0.173. The first-order valence-electron chi connectivity index (χ1n) is 12.4. The second-order valence-corrected chi connectivity index (χ2v) is 8.63. The molecule has 0 saturated carbocycles. The van der Waals surface area contributed by atoms with Gasteiger partial charge in [0.25, 0.3) is 11.7 Å². The Morgan fingerprint density at radius 1 is 0.865 bits per heavy atom. The molecule has 7 heteroatoms. The molecule has 1 N–H and O–H groups in total. The maximum atomic E-state index is 13.5. The smallest absolute Gasteiger partial charge is 0.300 e. The number of anilines is 1. The molecule has 0 aliphatic carbocycles. The van der Waals surface area contributed by atoms with Crippen molar-refractivity contribution in [3.63, 3.8) is 0 Å². The van der Waals surface area contributed by atoms with Gasteiger partial charge in [-0.3, -0.25) is 14.5 Å². The van der Waals surface area contributed by atoms with Crippen LogP contribution in [0.4, 0.5) is 5.69 Å². The zero-order valence-corrected chi connectivity index (χ0v) is 21.3. The number of benzene rings is 3. The van der Waals surface area contributed by atoms with E-state index in [0.29, 0.717) is 47.3 Å². The first-order valence-corrected chi connectivity index (χ1v) is 12.4. The largest absolute Gasteiger partial charge is 0.507 e. The van der Waals surface area contributed by atoms with E-state index in [0.717, 1.165) is 12.8 Å². The number of amides is 1. The van der Waals surface area contributed by atoms with Crippen molar-refractivity contribution < 1.29 is 28.9 Å². The Bertz CT molecular complexity index is 1310. The summed E-state index contributed by atoms with van der Waals surface area (Å²) in [4.78, 5) is 28.4. The van der Waals surface area contributed by atoms with Gasteiger partial charge in [0.1, 0.15) is 23.0 Å². The van der Waals surface area contributed by atoms with Gasteiger partial charge < -0.3 is 19.3 Å². The van der Waals surface area contributed by atoms with Crippen LogP contribution in [0.1, 0.15) is 43.9 Å². The van der Waals surface area contributed by atoms with Crippen LogP contribution < -0.4 is 19.1 Å². The van der Waals surface area contributed by atoms with E-state index >= 15 is 0 Å². The van der Waals surface area contributed by atoms with E-state index in [1.165, 1.54) is 12.0 Å². The highest BCUT2D eigenvalue weighted by Gasteiger charge is 2.48. The van der Waals surface area contributed by atoms with Crippen molar-refractivity contribution in [2.24, 2.45) is 0 Å². The molecule has 3 aromatic carbocycles. The lowest BCUT2D eigenvalue weighted by atomic mass is 9.94. The summed E-state index contributed by atoms with van der Waals surface area (Å²) in [6.07, 6.45) is 1.66. The summed E-state index contributed by atoms with van der Waals surface area (Å²) in [5, 5.41) is 11.4. The number of hydrogen-bond donors (Lipinski definition) is 1. The number of para-hydroxylation sites is 1. The molecule has 0 aromatic heterocycles. The second kappa shape index (κ2) is 11.6. The lowest BCUT2D eigenvalue weighted by Gasteiger charge is -2.27. The summed E-state index contributed by atoms with van der Waals surface area (Å²) in [5.41, 5.74) is 1.41. The predicted octanol–water partition coefficient (Wildman–Crippen LogP) is 5.90. The van der Waals surface area contributed by atoms with Crippen molar-refractivity contribution in [3.8, 4) is 17.2 Å². The molecule has 0 radical (unpaired) electrons. The number of aliphatic hydroxyl groups excluding tert-OH is 1. The van der Waals surface area contributed by atoms with Crippen molar-refractivity contribution in [1.82, 2.24) is 0 Å². The van der Waals surface area contributed by atoms with Crippen LogP contribution >= 0.6 is 0 Å². The third-order valence-electron chi connectivity index (χ3n) is 6.03. The average molecular weight is 502 g/mol. The Morgan fingerprint density at radius 2 is 1.51 bits per heavy atom. The topological polar surface area (TPSA) is 85.3 Å². The number of ether oxygens (including phenoxy) is 3. The molecule has 192 valence electrons. The molecule has 1 aliphatic heterocycles.